The van der Waals surface area contributed by atoms with Crippen LogP contribution in [0.1, 0.15) is 29.3 Å². The highest BCUT2D eigenvalue weighted by Gasteiger charge is 2.49. The first kappa shape index (κ1) is 20.2. The van der Waals surface area contributed by atoms with Crippen molar-refractivity contribution < 1.29 is 9.53 Å². The number of fused-ring (bicyclic) bond motifs is 1. The molecule has 1 aromatic carbocycles. The van der Waals surface area contributed by atoms with Crippen molar-refractivity contribution in [3.05, 3.63) is 59.9 Å². The van der Waals surface area contributed by atoms with E-state index in [1.807, 2.05) is 36.4 Å². The smallest absolute Gasteiger partial charge is 0.251 e. The number of carbonyl (C=O) groups excluding carboxylic acids is 1. The minimum absolute atomic E-state index is 0.0250. The lowest BCUT2D eigenvalue weighted by molar-refractivity contribution is 0.0945. The maximum Gasteiger partial charge on any atom is 0.251 e. The van der Waals surface area contributed by atoms with Gasteiger partial charge >= 0.3 is 0 Å². The third kappa shape index (κ3) is 3.95. The summed E-state index contributed by atoms with van der Waals surface area (Å²) in [6, 6.07) is 11.1. The summed E-state index contributed by atoms with van der Waals surface area (Å²) in [5.74, 6) is 2.34. The van der Waals surface area contributed by atoms with Gasteiger partial charge < -0.3 is 21.1 Å². The molecule has 1 aliphatic carbocycles. The quantitative estimate of drug-likeness (QED) is 0.528. The molecule has 1 fully saturated rings. The van der Waals surface area contributed by atoms with Gasteiger partial charge in [-0.2, -0.15) is 0 Å². The van der Waals surface area contributed by atoms with Gasteiger partial charge in [0, 0.05) is 43.0 Å². The van der Waals surface area contributed by atoms with Crippen LogP contribution in [0, 0.1) is 11.3 Å². The van der Waals surface area contributed by atoms with Gasteiger partial charge in [-0.15, -0.1) is 0 Å². The first-order chi connectivity index (χ1) is 15.5. The van der Waals surface area contributed by atoms with Gasteiger partial charge in [0.1, 0.15) is 11.6 Å². The Balaban J connectivity index is 1.22. The van der Waals surface area contributed by atoms with Crippen LogP contribution < -0.4 is 21.1 Å². The average molecular weight is 431 g/mol. The monoisotopic (exact) mass is 430 g/mol. The number of carbonyl (C=O) groups is 1. The molecule has 5 rings (SSSR count). The minimum Gasteiger partial charge on any atom is -0.492 e. The summed E-state index contributed by atoms with van der Waals surface area (Å²) in [6.07, 6.45) is 5.27. The number of hydrogen-bond acceptors (Lipinski definition) is 7. The molecule has 1 aliphatic heterocycles. The van der Waals surface area contributed by atoms with E-state index in [4.69, 9.17) is 10.5 Å². The number of hydrogen-bond donors (Lipinski definition) is 3. The molecule has 0 spiro atoms. The molecule has 2 atom stereocenters. The number of amides is 1. The second-order valence-corrected chi connectivity index (χ2v) is 8.71. The topological polar surface area (TPSA) is 115 Å². The van der Waals surface area contributed by atoms with Crippen molar-refractivity contribution in [3.63, 3.8) is 0 Å². The minimum atomic E-state index is -0.0250. The Hall–Kier alpha value is -3.68. The maximum absolute atomic E-state index is 12.3. The van der Waals surface area contributed by atoms with Crippen LogP contribution >= 0.6 is 0 Å². The number of rotatable bonds is 7. The van der Waals surface area contributed by atoms with Gasteiger partial charge in [-0.05, 0) is 36.0 Å². The Morgan fingerprint density at radius 2 is 2.09 bits per heavy atom. The van der Waals surface area contributed by atoms with Crippen LogP contribution in [-0.2, 0) is 6.42 Å². The molecule has 3 heterocycles. The molecular weight excluding hydrogens is 404 g/mol. The zero-order chi connectivity index (χ0) is 22.1. The zero-order valence-corrected chi connectivity index (χ0v) is 18.0. The molecule has 8 heteroatoms. The number of benzene rings is 1. The second-order valence-electron chi connectivity index (χ2n) is 8.71. The Kier molecular flexibility index (Phi) is 5.13. The molecule has 8 nitrogen and oxygen atoms in total. The van der Waals surface area contributed by atoms with E-state index in [1.165, 1.54) is 0 Å². The summed E-state index contributed by atoms with van der Waals surface area (Å²) in [6.45, 7) is 4.30. The number of nitrogen functional groups attached to an aromatic ring is 1. The van der Waals surface area contributed by atoms with Crippen LogP contribution in [0.2, 0.25) is 0 Å². The number of ether oxygens (including phenoxy) is 1. The molecule has 1 saturated carbocycles. The lowest BCUT2D eigenvalue weighted by Gasteiger charge is -2.15. The van der Waals surface area contributed by atoms with Crippen molar-refractivity contribution in [2.75, 3.05) is 30.7 Å². The van der Waals surface area contributed by atoms with Crippen molar-refractivity contribution in [2.45, 2.75) is 19.8 Å². The molecule has 0 radical (unpaired) electrons. The van der Waals surface area contributed by atoms with Crippen molar-refractivity contribution in [2.24, 2.45) is 11.3 Å². The summed E-state index contributed by atoms with van der Waals surface area (Å²) >= 11 is 0. The highest BCUT2D eigenvalue weighted by Crippen LogP contribution is 2.51. The fourth-order valence-corrected chi connectivity index (χ4v) is 4.28. The van der Waals surface area contributed by atoms with Gasteiger partial charge in [-0.3, -0.25) is 4.79 Å². The van der Waals surface area contributed by atoms with Crippen molar-refractivity contribution in [3.8, 4) is 17.0 Å². The van der Waals surface area contributed by atoms with E-state index in [-0.39, 0.29) is 17.3 Å². The van der Waals surface area contributed by atoms with E-state index in [9.17, 15) is 4.79 Å². The van der Waals surface area contributed by atoms with E-state index >= 15 is 0 Å². The summed E-state index contributed by atoms with van der Waals surface area (Å²) in [7, 11) is 0. The van der Waals surface area contributed by atoms with Gasteiger partial charge in [0.15, 0.2) is 0 Å². The molecule has 1 amide bonds. The van der Waals surface area contributed by atoms with Crippen LogP contribution in [0.15, 0.2) is 48.8 Å². The van der Waals surface area contributed by atoms with Crippen LogP contribution in [0.5, 0.6) is 5.75 Å². The summed E-state index contributed by atoms with van der Waals surface area (Å²) in [4.78, 5) is 25.2. The molecule has 2 aliphatic rings. The van der Waals surface area contributed by atoms with Crippen LogP contribution in [0.25, 0.3) is 11.3 Å². The molecule has 0 bridgehead atoms. The molecule has 2 aromatic heterocycles. The first-order valence-electron chi connectivity index (χ1n) is 10.8. The maximum atomic E-state index is 12.3. The van der Waals surface area contributed by atoms with Gasteiger partial charge in [0.25, 0.3) is 5.91 Å². The van der Waals surface area contributed by atoms with Crippen LogP contribution in [0.4, 0.5) is 11.8 Å². The van der Waals surface area contributed by atoms with E-state index in [2.05, 4.69) is 32.5 Å². The van der Waals surface area contributed by atoms with Crippen molar-refractivity contribution >= 4 is 17.7 Å². The number of anilines is 2. The standard InChI is InChI=1S/C24H26N6O2/c1-24(14-29-22(31)15-5-3-2-4-6-15)11-16(24)12-27-21-17-8-10-32-20(17)18(13-28-21)19-7-9-26-23(25)30-19/h2-7,9,13,16H,8,10-12,14H2,1H3,(H,27,28)(H,29,31)(H2,25,26,30). The second kappa shape index (κ2) is 8.11. The van der Waals surface area contributed by atoms with Gasteiger partial charge in [-0.25, -0.2) is 15.0 Å². The fraction of sp³-hybridized carbons (Fsp3) is 0.333. The Morgan fingerprint density at radius 3 is 2.91 bits per heavy atom. The molecular formula is C24H26N6O2. The molecule has 32 heavy (non-hydrogen) atoms. The van der Waals surface area contributed by atoms with E-state index in [0.717, 1.165) is 42.1 Å². The highest BCUT2D eigenvalue weighted by atomic mass is 16.5. The SMILES string of the molecule is CC1(CNC(=O)c2ccccc2)CC1CNc1ncc(-c2ccnc(N)n2)c2c1CCO2. The van der Waals surface area contributed by atoms with Crippen molar-refractivity contribution in [1.82, 2.24) is 20.3 Å². The lowest BCUT2D eigenvalue weighted by Crippen LogP contribution is -2.30. The number of nitrogens with two attached hydrogens (primary N) is 1. The van der Waals surface area contributed by atoms with Crippen molar-refractivity contribution in [1.29, 1.82) is 0 Å². The molecule has 164 valence electrons. The van der Waals surface area contributed by atoms with Crippen LogP contribution in [0.3, 0.4) is 0 Å². The first-order valence-corrected chi connectivity index (χ1v) is 10.8. The van der Waals surface area contributed by atoms with Gasteiger partial charge in [0.2, 0.25) is 5.95 Å². The zero-order valence-electron chi connectivity index (χ0n) is 18.0. The summed E-state index contributed by atoms with van der Waals surface area (Å²) in [5, 5.41) is 6.59. The number of aromatic nitrogens is 3. The largest absolute Gasteiger partial charge is 0.492 e. The third-order valence-corrected chi connectivity index (χ3v) is 6.42. The number of nitrogens with zero attached hydrogens (tertiary/aromatic N) is 3. The number of nitrogens with one attached hydrogen (secondary N) is 2. The average Bonchev–Trinajstić information content (AvgIpc) is 3.20. The predicted molar refractivity (Wildman–Crippen MR) is 122 cm³/mol. The highest BCUT2D eigenvalue weighted by molar-refractivity contribution is 5.94. The van der Waals surface area contributed by atoms with E-state index in [1.54, 1.807) is 12.4 Å². The molecule has 4 N–H and O–H groups in total. The van der Waals surface area contributed by atoms with E-state index < -0.39 is 0 Å². The lowest BCUT2D eigenvalue weighted by atomic mass is 10.1. The van der Waals surface area contributed by atoms with E-state index in [0.29, 0.717) is 30.3 Å². The normalized spacial score (nSPS) is 20.8. The number of pyridine rings is 1. The van der Waals surface area contributed by atoms with Crippen LogP contribution in [-0.4, -0.2) is 40.6 Å². The summed E-state index contributed by atoms with van der Waals surface area (Å²) in [5.41, 5.74) is 9.13. The molecule has 2 unspecified atom stereocenters. The third-order valence-electron chi connectivity index (χ3n) is 6.42. The summed E-state index contributed by atoms with van der Waals surface area (Å²) < 4.78 is 5.91. The molecule has 3 aromatic rings. The molecule has 0 saturated heterocycles. The van der Waals surface area contributed by atoms with Gasteiger partial charge in [0.05, 0.1) is 17.9 Å². The fourth-order valence-electron chi connectivity index (χ4n) is 4.28. The Bertz CT molecular complexity index is 1150. The van der Waals surface area contributed by atoms with Gasteiger partial charge in [-0.1, -0.05) is 25.1 Å². The Morgan fingerprint density at radius 1 is 1.25 bits per heavy atom. The predicted octanol–water partition coefficient (Wildman–Crippen LogP) is 2.92. The Labute approximate surface area is 186 Å².